The van der Waals surface area contributed by atoms with Crippen LogP contribution in [-0.2, 0) is 26.7 Å². The maximum absolute atomic E-state index is 12.6. The zero-order valence-electron chi connectivity index (χ0n) is 11.4. The van der Waals surface area contributed by atoms with E-state index in [1.165, 1.54) is 6.07 Å². The first-order valence-electron chi connectivity index (χ1n) is 6.09. The van der Waals surface area contributed by atoms with Crippen molar-refractivity contribution in [1.82, 2.24) is 4.31 Å². The number of hydrogen-bond donors (Lipinski definition) is 2. The van der Waals surface area contributed by atoms with E-state index in [2.05, 4.69) is 0 Å². The van der Waals surface area contributed by atoms with Crippen LogP contribution in [0.3, 0.4) is 0 Å². The Hall–Kier alpha value is -1.65. The molecule has 0 aliphatic heterocycles. The Morgan fingerprint density at radius 1 is 1.32 bits per heavy atom. The highest BCUT2D eigenvalue weighted by Crippen LogP contribution is 2.30. The van der Waals surface area contributed by atoms with Crippen molar-refractivity contribution in [3.05, 3.63) is 35.4 Å². The maximum Gasteiger partial charge on any atom is 0.416 e. The average Bonchev–Trinajstić information content (AvgIpc) is 2.36. The molecule has 6 nitrogen and oxygen atoms in total. The second-order valence-corrected chi connectivity index (χ2v) is 6.45. The Labute approximate surface area is 125 Å². The quantitative estimate of drug-likeness (QED) is 0.746. The number of nitrogens with two attached hydrogens (primary N) is 1. The number of aliphatic hydroxyl groups is 1. The fourth-order valence-electron chi connectivity index (χ4n) is 1.74. The summed E-state index contributed by atoms with van der Waals surface area (Å²) in [5, 5.41) is 8.82. The molecule has 1 amide bonds. The molecule has 22 heavy (non-hydrogen) atoms. The summed E-state index contributed by atoms with van der Waals surface area (Å²) in [5.41, 5.74) is 3.87. The molecule has 0 fully saturated rings. The first kappa shape index (κ1) is 18.4. The zero-order valence-corrected chi connectivity index (χ0v) is 12.2. The molecule has 1 aromatic rings. The number of halogens is 3. The predicted octanol–water partition coefficient (Wildman–Crippen LogP) is 0.315. The SMILES string of the molecule is NC(=O)CN(CCO)S(=O)(=O)Cc1cccc(C(F)(F)F)c1. The van der Waals surface area contributed by atoms with Crippen LogP contribution in [0.5, 0.6) is 0 Å². The van der Waals surface area contributed by atoms with Crippen LogP contribution in [0.2, 0.25) is 0 Å². The molecule has 0 aromatic heterocycles. The number of amides is 1. The summed E-state index contributed by atoms with van der Waals surface area (Å²) >= 11 is 0. The normalized spacial score (nSPS) is 12.6. The van der Waals surface area contributed by atoms with Crippen LogP contribution in [0.1, 0.15) is 11.1 Å². The van der Waals surface area contributed by atoms with E-state index in [1.807, 2.05) is 0 Å². The van der Waals surface area contributed by atoms with Crippen molar-refractivity contribution in [1.29, 1.82) is 0 Å². The van der Waals surface area contributed by atoms with Crippen molar-refractivity contribution < 1.29 is 31.5 Å². The van der Waals surface area contributed by atoms with E-state index in [9.17, 15) is 26.4 Å². The van der Waals surface area contributed by atoms with Crippen LogP contribution < -0.4 is 5.73 Å². The minimum absolute atomic E-state index is 0.0813. The van der Waals surface area contributed by atoms with Crippen molar-refractivity contribution >= 4 is 15.9 Å². The summed E-state index contributed by atoms with van der Waals surface area (Å²) in [6.45, 7) is -1.57. The number of alkyl halides is 3. The maximum atomic E-state index is 12.6. The van der Waals surface area contributed by atoms with E-state index in [0.29, 0.717) is 4.31 Å². The molecule has 0 atom stereocenters. The van der Waals surface area contributed by atoms with Crippen molar-refractivity contribution in [3.8, 4) is 0 Å². The third-order valence-electron chi connectivity index (χ3n) is 2.68. The highest BCUT2D eigenvalue weighted by Gasteiger charge is 2.31. The molecule has 0 spiro atoms. The lowest BCUT2D eigenvalue weighted by molar-refractivity contribution is -0.137. The molecule has 0 unspecified atom stereocenters. The second kappa shape index (κ2) is 7.07. The molecular weight excluding hydrogens is 325 g/mol. The van der Waals surface area contributed by atoms with Gasteiger partial charge in [-0.2, -0.15) is 17.5 Å². The van der Waals surface area contributed by atoms with Gasteiger partial charge in [0.1, 0.15) is 0 Å². The van der Waals surface area contributed by atoms with Gasteiger partial charge in [-0.3, -0.25) is 4.79 Å². The van der Waals surface area contributed by atoms with Crippen molar-refractivity contribution in [2.75, 3.05) is 19.7 Å². The van der Waals surface area contributed by atoms with Crippen molar-refractivity contribution in [2.24, 2.45) is 5.73 Å². The monoisotopic (exact) mass is 340 g/mol. The number of primary amides is 1. The first-order valence-corrected chi connectivity index (χ1v) is 7.70. The molecular formula is C12H15F3N2O4S. The summed E-state index contributed by atoms with van der Waals surface area (Å²) in [6.07, 6.45) is -4.59. The first-order chi connectivity index (χ1) is 10.1. The standard InChI is InChI=1S/C12H15F3N2O4S/c13-12(14,15)10-3-1-2-9(6-10)8-22(20,21)17(4-5-18)7-11(16)19/h1-3,6,18H,4-5,7-8H2,(H2,16,19). The molecule has 0 radical (unpaired) electrons. The number of aliphatic hydroxyl groups excluding tert-OH is 1. The lowest BCUT2D eigenvalue weighted by atomic mass is 10.1. The number of carbonyl (C=O) groups is 1. The third-order valence-corrected chi connectivity index (χ3v) is 4.47. The van der Waals surface area contributed by atoms with Gasteiger partial charge < -0.3 is 10.8 Å². The van der Waals surface area contributed by atoms with Gasteiger partial charge in [-0.15, -0.1) is 0 Å². The molecule has 0 saturated heterocycles. The summed E-state index contributed by atoms with van der Waals surface area (Å²) in [4.78, 5) is 10.9. The fraction of sp³-hybridized carbons (Fsp3) is 0.417. The topological polar surface area (TPSA) is 101 Å². The fourth-order valence-corrected chi connectivity index (χ4v) is 3.21. The van der Waals surface area contributed by atoms with Gasteiger partial charge in [0.05, 0.1) is 24.5 Å². The number of hydrogen-bond acceptors (Lipinski definition) is 4. The van der Waals surface area contributed by atoms with Crippen molar-refractivity contribution in [2.45, 2.75) is 11.9 Å². The lowest BCUT2D eigenvalue weighted by Crippen LogP contribution is -2.40. The molecule has 10 heteroatoms. The van der Waals surface area contributed by atoms with Crippen molar-refractivity contribution in [3.63, 3.8) is 0 Å². The number of sulfonamides is 1. The minimum atomic E-state index is -4.59. The highest BCUT2D eigenvalue weighted by atomic mass is 32.2. The minimum Gasteiger partial charge on any atom is -0.395 e. The summed E-state index contributed by atoms with van der Waals surface area (Å²) in [6, 6.07) is 3.87. The Morgan fingerprint density at radius 2 is 1.95 bits per heavy atom. The summed E-state index contributed by atoms with van der Waals surface area (Å²) in [5.74, 6) is -1.66. The van der Waals surface area contributed by atoms with E-state index in [0.717, 1.165) is 18.2 Å². The van der Waals surface area contributed by atoms with E-state index in [-0.39, 0.29) is 12.1 Å². The largest absolute Gasteiger partial charge is 0.416 e. The Bertz CT molecular complexity index is 632. The second-order valence-electron chi connectivity index (χ2n) is 4.48. The van der Waals surface area contributed by atoms with Crippen LogP contribution in [0.25, 0.3) is 0 Å². The van der Waals surface area contributed by atoms with Gasteiger partial charge in [0.25, 0.3) is 0 Å². The average molecular weight is 340 g/mol. The molecule has 0 heterocycles. The third kappa shape index (κ3) is 5.28. The zero-order chi connectivity index (χ0) is 17.0. The molecule has 1 aromatic carbocycles. The van der Waals surface area contributed by atoms with Crippen LogP contribution in [-0.4, -0.2) is 43.4 Å². The van der Waals surface area contributed by atoms with E-state index in [1.54, 1.807) is 0 Å². The predicted molar refractivity (Wildman–Crippen MR) is 71.9 cm³/mol. The van der Waals surface area contributed by atoms with E-state index in [4.69, 9.17) is 10.8 Å². The molecule has 0 aliphatic rings. The van der Waals surface area contributed by atoms with Gasteiger partial charge in [0, 0.05) is 6.54 Å². The van der Waals surface area contributed by atoms with Crippen LogP contribution in [0, 0.1) is 0 Å². The van der Waals surface area contributed by atoms with E-state index >= 15 is 0 Å². The van der Waals surface area contributed by atoms with Crippen LogP contribution >= 0.6 is 0 Å². The highest BCUT2D eigenvalue weighted by molar-refractivity contribution is 7.88. The smallest absolute Gasteiger partial charge is 0.395 e. The van der Waals surface area contributed by atoms with Gasteiger partial charge in [-0.25, -0.2) is 8.42 Å². The number of carbonyl (C=O) groups excluding carboxylic acids is 1. The number of nitrogens with zero attached hydrogens (tertiary/aromatic N) is 1. The molecule has 1 rings (SSSR count). The van der Waals surface area contributed by atoms with Gasteiger partial charge in [-0.1, -0.05) is 18.2 Å². The van der Waals surface area contributed by atoms with Gasteiger partial charge in [0.15, 0.2) is 0 Å². The molecule has 3 N–H and O–H groups in total. The Kier molecular flexibility index (Phi) is 5.92. The van der Waals surface area contributed by atoms with Gasteiger partial charge >= 0.3 is 6.18 Å². The van der Waals surface area contributed by atoms with Crippen LogP contribution in [0.15, 0.2) is 24.3 Å². The summed E-state index contributed by atoms with van der Waals surface area (Å²) in [7, 11) is -4.09. The lowest BCUT2D eigenvalue weighted by Gasteiger charge is -2.20. The Balaban J connectivity index is 3.02. The summed E-state index contributed by atoms with van der Waals surface area (Å²) < 4.78 is 62.7. The number of rotatable bonds is 7. The van der Waals surface area contributed by atoms with Gasteiger partial charge in [0.2, 0.25) is 15.9 Å². The molecule has 0 aliphatic carbocycles. The molecule has 124 valence electrons. The molecule has 0 saturated carbocycles. The van der Waals surface area contributed by atoms with Crippen LogP contribution in [0.4, 0.5) is 13.2 Å². The molecule has 0 bridgehead atoms. The van der Waals surface area contributed by atoms with Gasteiger partial charge in [-0.05, 0) is 11.6 Å². The number of benzene rings is 1. The van der Waals surface area contributed by atoms with E-state index < -0.39 is 46.6 Å². The Morgan fingerprint density at radius 3 is 2.45 bits per heavy atom.